The fourth-order valence-electron chi connectivity index (χ4n) is 5.15. The largest absolute Gasteiger partial charge is 0.472 e. The van der Waals surface area contributed by atoms with Crippen molar-refractivity contribution in [1.29, 1.82) is 0 Å². The summed E-state index contributed by atoms with van der Waals surface area (Å²) < 4.78 is 33.2. The highest BCUT2D eigenvalue weighted by Crippen LogP contribution is 2.43. The third-order valence-electron chi connectivity index (χ3n) is 8.22. The maximum Gasteiger partial charge on any atom is 0.472 e. The van der Waals surface area contributed by atoms with Gasteiger partial charge in [0.25, 0.3) is 0 Å². The van der Waals surface area contributed by atoms with E-state index >= 15 is 0 Å². The number of phosphoric ester groups is 1. The molecule has 0 heterocycles. The van der Waals surface area contributed by atoms with Crippen LogP contribution in [-0.4, -0.2) is 66.3 Å². The molecule has 0 fully saturated rings. The van der Waals surface area contributed by atoms with Crippen molar-refractivity contribution in [3.05, 3.63) is 60.8 Å². The summed E-state index contributed by atoms with van der Waals surface area (Å²) in [5.74, 6) is -0.400. The average molecular weight is 755 g/mol. The number of allylic oxidation sites excluding steroid dienone is 10. The number of aliphatic hydroxyl groups is 2. The summed E-state index contributed by atoms with van der Waals surface area (Å²) in [7, 11) is -4.53. The van der Waals surface area contributed by atoms with Gasteiger partial charge in [-0.1, -0.05) is 152 Å². The molecule has 9 nitrogen and oxygen atoms in total. The van der Waals surface area contributed by atoms with Crippen LogP contribution in [0.2, 0.25) is 0 Å². The Morgan fingerprint density at radius 2 is 1.10 bits per heavy atom. The Labute approximate surface area is 317 Å². The first-order valence-corrected chi connectivity index (χ1v) is 21.8. The van der Waals surface area contributed by atoms with Gasteiger partial charge in [-0.15, -0.1) is 0 Å². The molecule has 3 unspecified atom stereocenters. The summed E-state index contributed by atoms with van der Waals surface area (Å²) in [6, 6.07) is 0. The Morgan fingerprint density at radius 1 is 0.615 bits per heavy atom. The molecule has 52 heavy (non-hydrogen) atoms. The predicted molar refractivity (Wildman–Crippen MR) is 214 cm³/mol. The number of rotatable bonds is 38. The zero-order valence-electron chi connectivity index (χ0n) is 32.8. The standard InChI is InChI=1S/C42H75O9P/c1-3-5-7-9-11-13-15-17-18-19-20-21-23-25-27-29-31-33-35-48-38-41(39-50-52(46,47)49-37-40(44)36-43)51-42(45)34-32-30-28-26-24-22-16-14-12-10-8-6-4-2/h5,7,11,13,17-18,20-21,25,27,40-41,43-44H,3-4,6,8-10,12,14-16,19,22-24,26,28-39H2,1-2H3,(H,46,47)/b7-5-,13-11-,18-17-,21-20-,27-25-. The van der Waals surface area contributed by atoms with Crippen LogP contribution in [0.15, 0.2) is 60.8 Å². The van der Waals surface area contributed by atoms with Crippen molar-refractivity contribution >= 4 is 13.8 Å². The van der Waals surface area contributed by atoms with Crippen molar-refractivity contribution in [2.24, 2.45) is 0 Å². The average Bonchev–Trinajstić information content (AvgIpc) is 3.13. The molecule has 0 saturated carbocycles. The summed E-state index contributed by atoms with van der Waals surface area (Å²) in [4.78, 5) is 22.5. The second-order valence-electron chi connectivity index (χ2n) is 13.3. The van der Waals surface area contributed by atoms with Crippen LogP contribution in [0.1, 0.15) is 155 Å². The van der Waals surface area contributed by atoms with Gasteiger partial charge in [0.15, 0.2) is 0 Å². The van der Waals surface area contributed by atoms with Gasteiger partial charge in [-0.25, -0.2) is 4.57 Å². The van der Waals surface area contributed by atoms with Crippen molar-refractivity contribution < 1.29 is 43.0 Å². The van der Waals surface area contributed by atoms with Gasteiger partial charge in [0.05, 0.1) is 26.4 Å². The molecule has 10 heteroatoms. The summed E-state index contributed by atoms with van der Waals surface area (Å²) in [5, 5.41) is 18.3. The molecule has 0 saturated heterocycles. The topological polar surface area (TPSA) is 132 Å². The molecule has 0 bridgehead atoms. The first-order chi connectivity index (χ1) is 25.3. The Balaban J connectivity index is 4.30. The zero-order valence-corrected chi connectivity index (χ0v) is 33.7. The number of phosphoric acid groups is 1. The number of esters is 1. The van der Waals surface area contributed by atoms with Gasteiger partial charge in [0.1, 0.15) is 12.2 Å². The highest BCUT2D eigenvalue weighted by Gasteiger charge is 2.26. The third kappa shape index (κ3) is 37.9. The fraction of sp³-hybridized carbons (Fsp3) is 0.738. The van der Waals surface area contributed by atoms with Crippen LogP contribution in [0, 0.1) is 0 Å². The fourth-order valence-corrected chi connectivity index (χ4v) is 5.93. The second-order valence-corrected chi connectivity index (χ2v) is 14.7. The minimum absolute atomic E-state index is 0.0191. The number of carbonyl (C=O) groups is 1. The van der Waals surface area contributed by atoms with Gasteiger partial charge in [0.2, 0.25) is 0 Å². The van der Waals surface area contributed by atoms with Gasteiger partial charge >= 0.3 is 13.8 Å². The zero-order chi connectivity index (χ0) is 38.2. The second kappa shape index (κ2) is 38.9. The maximum atomic E-state index is 12.6. The Hall–Kier alpha value is -1.84. The van der Waals surface area contributed by atoms with Crippen LogP contribution >= 0.6 is 7.82 Å². The van der Waals surface area contributed by atoms with E-state index in [1.165, 1.54) is 64.2 Å². The van der Waals surface area contributed by atoms with Crippen LogP contribution < -0.4 is 0 Å². The molecule has 3 atom stereocenters. The van der Waals surface area contributed by atoms with E-state index < -0.39 is 45.8 Å². The van der Waals surface area contributed by atoms with Crippen LogP contribution in [0.5, 0.6) is 0 Å². The Bertz CT molecular complexity index is 992. The summed E-state index contributed by atoms with van der Waals surface area (Å²) in [6.07, 6.45) is 43.2. The lowest BCUT2D eigenvalue weighted by molar-refractivity contribution is -0.154. The van der Waals surface area contributed by atoms with Crippen molar-refractivity contribution in [1.82, 2.24) is 0 Å². The minimum Gasteiger partial charge on any atom is -0.457 e. The van der Waals surface area contributed by atoms with Crippen molar-refractivity contribution in [3.8, 4) is 0 Å². The van der Waals surface area contributed by atoms with Crippen molar-refractivity contribution in [2.45, 2.75) is 167 Å². The summed E-state index contributed by atoms with van der Waals surface area (Å²) >= 11 is 0. The number of hydrogen-bond acceptors (Lipinski definition) is 8. The summed E-state index contributed by atoms with van der Waals surface area (Å²) in [5.41, 5.74) is 0. The molecule has 0 amide bonds. The molecule has 0 aliphatic rings. The molecule has 0 spiro atoms. The van der Waals surface area contributed by atoms with E-state index in [0.717, 1.165) is 70.6 Å². The van der Waals surface area contributed by atoms with Crippen molar-refractivity contribution in [2.75, 3.05) is 33.0 Å². The molecular formula is C42H75O9P. The van der Waals surface area contributed by atoms with E-state index in [1.54, 1.807) is 0 Å². The number of ether oxygens (including phenoxy) is 2. The molecule has 0 radical (unpaired) electrons. The lowest BCUT2D eigenvalue weighted by Gasteiger charge is -2.20. The van der Waals surface area contributed by atoms with Crippen LogP contribution in [0.3, 0.4) is 0 Å². The first kappa shape index (κ1) is 50.2. The van der Waals surface area contributed by atoms with Crippen LogP contribution in [-0.2, 0) is 27.9 Å². The number of carbonyl (C=O) groups excluding carboxylic acids is 1. The molecule has 0 rings (SSSR count). The van der Waals surface area contributed by atoms with Crippen molar-refractivity contribution in [3.63, 3.8) is 0 Å². The number of aliphatic hydroxyl groups excluding tert-OH is 2. The lowest BCUT2D eigenvalue weighted by Crippen LogP contribution is -2.29. The Morgan fingerprint density at radius 3 is 1.62 bits per heavy atom. The molecule has 3 N–H and O–H groups in total. The van der Waals surface area contributed by atoms with Gasteiger partial charge in [0, 0.05) is 13.0 Å². The van der Waals surface area contributed by atoms with E-state index in [0.29, 0.717) is 6.61 Å². The van der Waals surface area contributed by atoms with E-state index in [9.17, 15) is 19.4 Å². The maximum absolute atomic E-state index is 12.6. The highest BCUT2D eigenvalue weighted by atomic mass is 31.2. The minimum atomic E-state index is -4.53. The smallest absolute Gasteiger partial charge is 0.457 e. The monoisotopic (exact) mass is 755 g/mol. The van der Waals surface area contributed by atoms with Gasteiger partial charge in [-0.05, 0) is 57.8 Å². The quantitative estimate of drug-likeness (QED) is 0.0244. The molecule has 0 aromatic rings. The summed E-state index contributed by atoms with van der Waals surface area (Å²) in [6.45, 7) is 3.28. The lowest BCUT2D eigenvalue weighted by atomic mass is 10.0. The SMILES string of the molecule is CC/C=C\C/C=C\C/C=C\C/C=C\C/C=C\CCCCOCC(COP(=O)(O)OCC(O)CO)OC(=O)CCCCCCCCCCCCCCC. The number of unbranched alkanes of at least 4 members (excludes halogenated alkanes) is 14. The first-order valence-electron chi connectivity index (χ1n) is 20.3. The van der Waals surface area contributed by atoms with E-state index in [-0.39, 0.29) is 13.0 Å². The number of hydrogen-bond donors (Lipinski definition) is 3. The molecule has 0 aromatic carbocycles. The normalized spacial score (nSPS) is 14.8. The molecule has 0 aliphatic carbocycles. The Kier molecular flexibility index (Phi) is 37.5. The third-order valence-corrected chi connectivity index (χ3v) is 9.17. The van der Waals surface area contributed by atoms with Crippen LogP contribution in [0.25, 0.3) is 0 Å². The molecule has 0 aliphatic heterocycles. The van der Waals surface area contributed by atoms with Gasteiger partial charge < -0.3 is 24.6 Å². The molecular weight excluding hydrogens is 679 g/mol. The van der Waals surface area contributed by atoms with E-state index in [1.807, 2.05) is 0 Å². The van der Waals surface area contributed by atoms with Crippen LogP contribution in [0.4, 0.5) is 0 Å². The van der Waals surface area contributed by atoms with Gasteiger partial charge in [-0.3, -0.25) is 13.8 Å². The van der Waals surface area contributed by atoms with E-state index in [4.69, 9.17) is 23.6 Å². The predicted octanol–water partition coefficient (Wildman–Crippen LogP) is 10.8. The van der Waals surface area contributed by atoms with Gasteiger partial charge in [-0.2, -0.15) is 0 Å². The van der Waals surface area contributed by atoms with E-state index in [2.05, 4.69) is 74.6 Å². The molecule has 302 valence electrons. The molecule has 0 aromatic heterocycles. The highest BCUT2D eigenvalue weighted by molar-refractivity contribution is 7.47.